The van der Waals surface area contributed by atoms with Crippen LogP contribution in [0.1, 0.15) is 41.6 Å². The number of alkyl halides is 3. The van der Waals surface area contributed by atoms with Crippen molar-refractivity contribution in [1.29, 1.82) is 0 Å². The summed E-state index contributed by atoms with van der Waals surface area (Å²) in [4.78, 5) is 35.8. The molecule has 1 fully saturated rings. The largest absolute Gasteiger partial charge is 0.401 e. The van der Waals surface area contributed by atoms with Gasteiger partial charge in [0.2, 0.25) is 5.95 Å². The van der Waals surface area contributed by atoms with E-state index in [0.29, 0.717) is 61.1 Å². The second-order valence-electron chi connectivity index (χ2n) is 10.4. The van der Waals surface area contributed by atoms with Crippen LogP contribution in [0.25, 0.3) is 22.2 Å². The SMILES string of the molecule is CNC(=O)c1ccnc2c(C(C)CNc3cc(-c4cnc(NC5CCN(CC(F)(F)F)CC5)nc4)ncn3)cccc12. The molecule has 1 aromatic carbocycles. The number of halogens is 3. The van der Waals surface area contributed by atoms with Gasteiger partial charge in [-0.1, -0.05) is 25.1 Å². The van der Waals surface area contributed by atoms with Crippen molar-refractivity contribution in [2.24, 2.45) is 0 Å². The Hall–Kier alpha value is -4.39. The summed E-state index contributed by atoms with van der Waals surface area (Å²) in [7, 11) is 1.61. The van der Waals surface area contributed by atoms with Crippen LogP contribution in [0.4, 0.5) is 24.9 Å². The number of amides is 1. The van der Waals surface area contributed by atoms with E-state index in [1.807, 2.05) is 24.3 Å². The van der Waals surface area contributed by atoms with Crippen LogP contribution in [0.5, 0.6) is 0 Å². The molecule has 1 saturated heterocycles. The summed E-state index contributed by atoms with van der Waals surface area (Å²) in [6.45, 7) is 2.53. The van der Waals surface area contributed by atoms with Crippen LogP contribution in [0.2, 0.25) is 0 Å². The first kappa shape index (κ1) is 29.1. The molecule has 0 aliphatic carbocycles. The zero-order valence-corrected chi connectivity index (χ0v) is 23.3. The first-order chi connectivity index (χ1) is 20.2. The van der Waals surface area contributed by atoms with Gasteiger partial charge < -0.3 is 16.0 Å². The molecule has 10 nitrogen and oxygen atoms in total. The highest BCUT2D eigenvalue weighted by atomic mass is 19.4. The van der Waals surface area contributed by atoms with E-state index in [0.717, 1.165) is 16.5 Å². The number of likely N-dealkylation sites (tertiary alicyclic amines) is 1. The van der Waals surface area contributed by atoms with Gasteiger partial charge in [0, 0.05) is 74.2 Å². The topological polar surface area (TPSA) is 121 Å². The number of fused-ring (bicyclic) bond motifs is 1. The molecule has 0 spiro atoms. The van der Waals surface area contributed by atoms with Gasteiger partial charge in [-0.2, -0.15) is 13.2 Å². The number of carbonyl (C=O) groups is 1. The number of anilines is 2. The normalized spacial score (nSPS) is 15.4. The van der Waals surface area contributed by atoms with Crippen LogP contribution in [0, 0.1) is 0 Å². The zero-order valence-electron chi connectivity index (χ0n) is 23.3. The summed E-state index contributed by atoms with van der Waals surface area (Å²) in [6, 6.07) is 9.40. The predicted octanol–water partition coefficient (Wildman–Crippen LogP) is 4.50. The number of nitrogens with zero attached hydrogens (tertiary/aromatic N) is 6. The van der Waals surface area contributed by atoms with Gasteiger partial charge in [-0.15, -0.1) is 0 Å². The number of benzene rings is 1. The molecule has 5 rings (SSSR count). The van der Waals surface area contributed by atoms with Crippen LogP contribution in [0.3, 0.4) is 0 Å². The molecule has 1 aliphatic rings. The van der Waals surface area contributed by atoms with Crippen molar-refractivity contribution >= 4 is 28.6 Å². The minimum absolute atomic E-state index is 0.0181. The molecule has 1 amide bonds. The molecule has 4 aromatic rings. The molecule has 13 heteroatoms. The van der Waals surface area contributed by atoms with Gasteiger partial charge in [-0.3, -0.25) is 14.7 Å². The van der Waals surface area contributed by atoms with Gasteiger partial charge in [0.15, 0.2) is 0 Å². The van der Waals surface area contributed by atoms with Gasteiger partial charge in [0.05, 0.1) is 23.3 Å². The van der Waals surface area contributed by atoms with Crippen LogP contribution < -0.4 is 16.0 Å². The number of aromatic nitrogens is 5. The highest BCUT2D eigenvalue weighted by molar-refractivity contribution is 6.06. The number of rotatable bonds is 9. The van der Waals surface area contributed by atoms with E-state index in [9.17, 15) is 18.0 Å². The third-order valence-electron chi connectivity index (χ3n) is 7.33. The Kier molecular flexibility index (Phi) is 8.76. The van der Waals surface area contributed by atoms with Crippen LogP contribution in [0.15, 0.2) is 55.2 Å². The lowest BCUT2D eigenvalue weighted by molar-refractivity contribution is -0.147. The minimum atomic E-state index is -4.18. The number of carbonyl (C=O) groups excluding carboxylic acids is 1. The lowest BCUT2D eigenvalue weighted by Gasteiger charge is -2.32. The quantitative estimate of drug-likeness (QED) is 0.263. The van der Waals surface area contributed by atoms with E-state index >= 15 is 0 Å². The highest BCUT2D eigenvalue weighted by Crippen LogP contribution is 2.27. The average molecular weight is 580 g/mol. The Morgan fingerprint density at radius 3 is 2.55 bits per heavy atom. The van der Waals surface area contributed by atoms with Crippen molar-refractivity contribution in [3.63, 3.8) is 0 Å². The fourth-order valence-electron chi connectivity index (χ4n) is 5.12. The lowest BCUT2D eigenvalue weighted by Crippen LogP contribution is -2.43. The first-order valence-corrected chi connectivity index (χ1v) is 13.7. The summed E-state index contributed by atoms with van der Waals surface area (Å²) in [5.74, 6) is 0.974. The van der Waals surface area contributed by atoms with Crippen molar-refractivity contribution in [2.75, 3.05) is 43.9 Å². The molecule has 4 heterocycles. The molecular formula is C29H32F3N9O. The molecule has 0 bridgehead atoms. The monoisotopic (exact) mass is 579 g/mol. The molecule has 3 aromatic heterocycles. The highest BCUT2D eigenvalue weighted by Gasteiger charge is 2.32. The molecule has 220 valence electrons. The average Bonchev–Trinajstić information content (AvgIpc) is 2.99. The molecule has 0 saturated carbocycles. The third kappa shape index (κ3) is 7.08. The maximum atomic E-state index is 12.6. The van der Waals surface area contributed by atoms with Gasteiger partial charge in [0.25, 0.3) is 5.91 Å². The predicted molar refractivity (Wildman–Crippen MR) is 154 cm³/mol. The fraction of sp³-hybridized carbons (Fsp3) is 0.379. The molecule has 1 aliphatic heterocycles. The standard InChI is InChI=1S/C29H32F3N9O/c1-18(21-4-3-5-22-23(27(42)33-2)6-9-34-26(21)22)13-35-25-12-24(38-17-39-25)19-14-36-28(37-15-19)40-20-7-10-41(11-8-20)16-29(30,31)32/h3-6,9,12,14-15,17-18,20H,7-8,10-11,13,16H2,1-2H3,(H,33,42)(H,35,38,39)(H,36,37,40). The van der Waals surface area contributed by atoms with E-state index in [-0.39, 0.29) is 17.9 Å². The molecule has 0 radical (unpaired) electrons. The van der Waals surface area contributed by atoms with Crippen molar-refractivity contribution in [3.05, 3.63) is 66.4 Å². The van der Waals surface area contributed by atoms with Gasteiger partial charge in [-0.25, -0.2) is 19.9 Å². The Balaban J connectivity index is 1.19. The molecule has 1 atom stereocenters. The van der Waals surface area contributed by atoms with Crippen molar-refractivity contribution in [3.8, 4) is 11.3 Å². The Morgan fingerprint density at radius 1 is 1.07 bits per heavy atom. The van der Waals surface area contributed by atoms with Crippen molar-refractivity contribution < 1.29 is 18.0 Å². The van der Waals surface area contributed by atoms with Gasteiger partial charge >= 0.3 is 6.18 Å². The molecule has 42 heavy (non-hydrogen) atoms. The summed E-state index contributed by atoms with van der Waals surface area (Å²) in [6.07, 6.45) is 3.44. The number of piperidine rings is 1. The fourth-order valence-corrected chi connectivity index (χ4v) is 5.12. The number of hydrogen-bond donors (Lipinski definition) is 3. The van der Waals surface area contributed by atoms with E-state index < -0.39 is 12.7 Å². The summed E-state index contributed by atoms with van der Waals surface area (Å²) < 4.78 is 37.9. The van der Waals surface area contributed by atoms with Crippen LogP contribution in [-0.2, 0) is 0 Å². The lowest BCUT2D eigenvalue weighted by atomic mass is 9.96. The van der Waals surface area contributed by atoms with Crippen molar-refractivity contribution in [1.82, 2.24) is 35.1 Å². The van der Waals surface area contributed by atoms with E-state index in [2.05, 4.69) is 47.8 Å². The summed E-state index contributed by atoms with van der Waals surface area (Å²) >= 11 is 0. The summed E-state index contributed by atoms with van der Waals surface area (Å²) in [5, 5.41) is 10.1. The Morgan fingerprint density at radius 2 is 1.83 bits per heavy atom. The maximum absolute atomic E-state index is 12.6. The van der Waals surface area contributed by atoms with Crippen LogP contribution >= 0.6 is 0 Å². The number of para-hydroxylation sites is 1. The molecular weight excluding hydrogens is 547 g/mol. The van der Waals surface area contributed by atoms with Gasteiger partial charge in [-0.05, 0) is 24.5 Å². The second kappa shape index (κ2) is 12.6. The van der Waals surface area contributed by atoms with E-state index in [1.165, 1.54) is 11.2 Å². The number of hydrogen-bond acceptors (Lipinski definition) is 9. The summed E-state index contributed by atoms with van der Waals surface area (Å²) in [5.41, 5.74) is 3.74. The maximum Gasteiger partial charge on any atom is 0.401 e. The third-order valence-corrected chi connectivity index (χ3v) is 7.33. The Bertz CT molecular complexity index is 1520. The Labute approximate surface area is 241 Å². The van der Waals surface area contributed by atoms with Crippen LogP contribution in [-0.4, -0.2) is 81.2 Å². The van der Waals surface area contributed by atoms with E-state index in [1.54, 1.807) is 31.7 Å². The zero-order chi connectivity index (χ0) is 29.7. The van der Waals surface area contributed by atoms with Crippen molar-refractivity contribution in [2.45, 2.75) is 37.9 Å². The molecule has 1 unspecified atom stereocenters. The smallest absolute Gasteiger partial charge is 0.369 e. The molecule has 3 N–H and O–H groups in total. The number of nitrogens with one attached hydrogen (secondary N) is 3. The van der Waals surface area contributed by atoms with E-state index in [4.69, 9.17) is 0 Å². The minimum Gasteiger partial charge on any atom is -0.369 e. The first-order valence-electron chi connectivity index (χ1n) is 13.7. The second-order valence-corrected chi connectivity index (χ2v) is 10.4. The van der Waals surface area contributed by atoms with Gasteiger partial charge in [0.1, 0.15) is 12.1 Å². The number of pyridine rings is 1.